The Morgan fingerprint density at radius 1 is 1.16 bits per heavy atom. The second-order valence-corrected chi connectivity index (χ2v) is 10.2. The van der Waals surface area contributed by atoms with E-state index in [1.54, 1.807) is 31.6 Å². The first kappa shape index (κ1) is 24.5. The van der Waals surface area contributed by atoms with Crippen LogP contribution in [0, 0.1) is 12.3 Å². The van der Waals surface area contributed by atoms with Crippen LogP contribution in [-0.4, -0.2) is 41.5 Å². The SMILES string of the molecule is CC(=O)C(C)(C)Cc1nc(-c2ncc(NC(=O)Nc3cnc4ccnn4c3C3CCCC3)cc2C)no1. The van der Waals surface area contributed by atoms with E-state index in [9.17, 15) is 9.59 Å². The highest BCUT2D eigenvalue weighted by Gasteiger charge is 2.28. The smallest absolute Gasteiger partial charge is 0.323 e. The monoisotopic (exact) mass is 502 g/mol. The molecule has 0 spiro atoms. The van der Waals surface area contributed by atoms with Crippen molar-refractivity contribution in [1.82, 2.24) is 29.7 Å². The van der Waals surface area contributed by atoms with E-state index in [4.69, 9.17) is 4.52 Å². The molecule has 1 aliphatic rings. The number of ketones is 1. The number of nitrogens with one attached hydrogen (secondary N) is 2. The van der Waals surface area contributed by atoms with E-state index >= 15 is 0 Å². The van der Waals surface area contributed by atoms with Crippen LogP contribution in [0.3, 0.4) is 0 Å². The second-order valence-electron chi connectivity index (χ2n) is 10.2. The number of hydrogen-bond donors (Lipinski definition) is 2. The molecule has 5 rings (SSSR count). The summed E-state index contributed by atoms with van der Waals surface area (Å²) in [6.07, 6.45) is 9.74. The van der Waals surface area contributed by atoms with Crippen LogP contribution in [0.4, 0.5) is 16.2 Å². The number of amides is 2. The molecule has 0 saturated heterocycles. The average molecular weight is 503 g/mol. The summed E-state index contributed by atoms with van der Waals surface area (Å²) in [5.41, 5.74) is 3.62. The molecular formula is C26H30N8O3. The molecule has 2 N–H and O–H groups in total. The van der Waals surface area contributed by atoms with Gasteiger partial charge in [-0.25, -0.2) is 14.3 Å². The lowest BCUT2D eigenvalue weighted by molar-refractivity contribution is -0.125. The fraction of sp³-hybridized carbons (Fsp3) is 0.423. The first-order valence-corrected chi connectivity index (χ1v) is 12.4. The summed E-state index contributed by atoms with van der Waals surface area (Å²) < 4.78 is 7.18. The van der Waals surface area contributed by atoms with Crippen molar-refractivity contribution < 1.29 is 14.1 Å². The van der Waals surface area contributed by atoms with Crippen LogP contribution < -0.4 is 10.6 Å². The van der Waals surface area contributed by atoms with Crippen LogP contribution in [0.2, 0.25) is 0 Å². The fourth-order valence-electron chi connectivity index (χ4n) is 4.67. The summed E-state index contributed by atoms with van der Waals surface area (Å²) >= 11 is 0. The van der Waals surface area contributed by atoms with Gasteiger partial charge in [-0.2, -0.15) is 10.1 Å². The second kappa shape index (κ2) is 9.72. The predicted molar refractivity (Wildman–Crippen MR) is 137 cm³/mol. The number of pyridine rings is 1. The lowest BCUT2D eigenvalue weighted by Gasteiger charge is -2.17. The van der Waals surface area contributed by atoms with E-state index in [-0.39, 0.29) is 5.78 Å². The van der Waals surface area contributed by atoms with Gasteiger partial charge in [0.2, 0.25) is 11.7 Å². The van der Waals surface area contributed by atoms with Crippen molar-refractivity contribution in [3.8, 4) is 11.5 Å². The van der Waals surface area contributed by atoms with Crippen LogP contribution in [0.15, 0.2) is 35.2 Å². The Morgan fingerprint density at radius 2 is 1.95 bits per heavy atom. The number of rotatable bonds is 7. The molecule has 0 bridgehead atoms. The fourth-order valence-corrected chi connectivity index (χ4v) is 4.67. The molecular weight excluding hydrogens is 472 g/mol. The Hall–Kier alpha value is -4.15. The molecule has 0 aromatic carbocycles. The van der Waals surface area contributed by atoms with Crippen LogP contribution in [0.1, 0.15) is 69.5 Å². The summed E-state index contributed by atoms with van der Waals surface area (Å²) in [5, 5.41) is 14.3. The number of urea groups is 1. The topological polar surface area (TPSA) is 140 Å². The maximum atomic E-state index is 12.9. The summed E-state index contributed by atoms with van der Waals surface area (Å²) in [4.78, 5) is 38.0. The molecule has 1 aliphatic carbocycles. The van der Waals surface area contributed by atoms with Gasteiger partial charge in [-0.05, 0) is 38.3 Å². The molecule has 2 amide bonds. The summed E-state index contributed by atoms with van der Waals surface area (Å²) in [6.45, 7) is 7.09. The molecule has 1 saturated carbocycles. The number of Topliss-reactive ketones (excluding diaryl/α,β-unsaturated/α-hetero) is 1. The zero-order chi connectivity index (χ0) is 26.2. The Labute approximate surface area is 214 Å². The van der Waals surface area contributed by atoms with Crippen LogP contribution in [0.25, 0.3) is 17.2 Å². The molecule has 0 aliphatic heterocycles. The van der Waals surface area contributed by atoms with E-state index in [1.165, 1.54) is 0 Å². The van der Waals surface area contributed by atoms with Gasteiger partial charge in [0, 0.05) is 23.8 Å². The Kier molecular flexibility index (Phi) is 6.45. The number of carbonyl (C=O) groups excluding carboxylic acids is 2. The van der Waals surface area contributed by atoms with Crippen LogP contribution in [-0.2, 0) is 11.2 Å². The highest BCUT2D eigenvalue weighted by atomic mass is 16.5. The molecule has 1 fully saturated rings. The number of nitrogens with zero attached hydrogens (tertiary/aromatic N) is 6. The van der Waals surface area contributed by atoms with E-state index in [0.29, 0.717) is 41.1 Å². The number of hydrogen-bond acceptors (Lipinski definition) is 8. The van der Waals surface area contributed by atoms with Crippen molar-refractivity contribution in [3.63, 3.8) is 0 Å². The lowest BCUT2D eigenvalue weighted by Crippen LogP contribution is -2.24. The minimum Gasteiger partial charge on any atom is -0.339 e. The minimum atomic E-state index is -0.595. The molecule has 11 nitrogen and oxygen atoms in total. The predicted octanol–water partition coefficient (Wildman–Crippen LogP) is 4.94. The number of carbonyl (C=O) groups is 2. The third kappa shape index (κ3) is 5.07. The average Bonchev–Trinajstić information content (AvgIpc) is 3.61. The van der Waals surface area contributed by atoms with Gasteiger partial charge in [-0.3, -0.25) is 9.78 Å². The van der Waals surface area contributed by atoms with E-state index < -0.39 is 11.4 Å². The highest BCUT2D eigenvalue weighted by Crippen LogP contribution is 2.37. The van der Waals surface area contributed by atoms with Crippen molar-refractivity contribution in [2.45, 2.75) is 65.7 Å². The third-order valence-electron chi connectivity index (χ3n) is 7.01. The minimum absolute atomic E-state index is 0.0472. The van der Waals surface area contributed by atoms with Crippen molar-refractivity contribution in [1.29, 1.82) is 0 Å². The molecule has 11 heteroatoms. The van der Waals surface area contributed by atoms with Gasteiger partial charge >= 0.3 is 6.03 Å². The summed E-state index contributed by atoms with van der Waals surface area (Å²) in [7, 11) is 0. The zero-order valence-electron chi connectivity index (χ0n) is 21.4. The molecule has 4 aromatic heterocycles. The summed E-state index contributed by atoms with van der Waals surface area (Å²) in [6, 6.07) is 3.26. The quantitative estimate of drug-likeness (QED) is 0.362. The summed E-state index contributed by atoms with van der Waals surface area (Å²) in [5.74, 6) is 1.08. The Bertz CT molecular complexity index is 1470. The highest BCUT2D eigenvalue weighted by molar-refractivity contribution is 6.00. The van der Waals surface area contributed by atoms with Crippen molar-refractivity contribution in [3.05, 3.63) is 47.9 Å². The first-order valence-electron chi connectivity index (χ1n) is 12.4. The lowest BCUT2D eigenvalue weighted by atomic mass is 9.85. The number of aryl methyl sites for hydroxylation is 1. The van der Waals surface area contributed by atoms with Gasteiger partial charge in [0.15, 0.2) is 5.65 Å². The van der Waals surface area contributed by atoms with Gasteiger partial charge < -0.3 is 15.2 Å². The number of anilines is 2. The van der Waals surface area contributed by atoms with E-state index in [1.807, 2.05) is 31.4 Å². The zero-order valence-corrected chi connectivity index (χ0v) is 21.4. The van der Waals surface area contributed by atoms with Crippen LogP contribution in [0.5, 0.6) is 0 Å². The van der Waals surface area contributed by atoms with Crippen molar-refractivity contribution in [2.75, 3.05) is 10.6 Å². The van der Waals surface area contributed by atoms with Crippen molar-refractivity contribution >= 4 is 28.8 Å². The van der Waals surface area contributed by atoms with Gasteiger partial charge in [0.25, 0.3) is 0 Å². The van der Waals surface area contributed by atoms with Gasteiger partial charge in [0.05, 0.1) is 35.7 Å². The molecule has 0 radical (unpaired) electrons. The molecule has 37 heavy (non-hydrogen) atoms. The standard InChI is InChI=1S/C26H30N8O3/c1-15-11-18(13-28-22(15)24-32-21(37-33-24)12-26(3,4)16(2)35)30-25(36)31-19-14-27-20-9-10-29-34(20)23(19)17-7-5-6-8-17/h9-11,13-14,17H,5-8,12H2,1-4H3,(H2,30,31,36). The van der Waals surface area contributed by atoms with Gasteiger partial charge in [-0.15, -0.1) is 0 Å². The number of fused-ring (bicyclic) bond motifs is 1. The largest absolute Gasteiger partial charge is 0.339 e. The molecule has 4 heterocycles. The maximum Gasteiger partial charge on any atom is 0.323 e. The first-order chi connectivity index (χ1) is 17.7. The molecule has 4 aromatic rings. The Morgan fingerprint density at radius 3 is 2.68 bits per heavy atom. The molecule has 192 valence electrons. The number of aromatic nitrogens is 6. The van der Waals surface area contributed by atoms with Crippen LogP contribution >= 0.6 is 0 Å². The van der Waals surface area contributed by atoms with E-state index in [2.05, 4.69) is 35.8 Å². The van der Waals surface area contributed by atoms with Gasteiger partial charge in [-0.1, -0.05) is 31.8 Å². The van der Waals surface area contributed by atoms with E-state index in [0.717, 1.165) is 42.6 Å². The Balaban J connectivity index is 1.31. The molecule has 0 unspecified atom stereocenters. The molecule has 0 atom stereocenters. The third-order valence-corrected chi connectivity index (χ3v) is 7.01. The van der Waals surface area contributed by atoms with Crippen molar-refractivity contribution in [2.24, 2.45) is 5.41 Å². The normalized spacial score (nSPS) is 14.3. The van der Waals surface area contributed by atoms with Gasteiger partial charge in [0.1, 0.15) is 11.5 Å². The maximum absolute atomic E-state index is 12.9.